The molecule has 0 bridgehead atoms. The van der Waals surface area contributed by atoms with Gasteiger partial charge >= 0.3 is 0 Å². The highest BCUT2D eigenvalue weighted by atomic mass is 16.3. The fourth-order valence-corrected chi connectivity index (χ4v) is 3.21. The highest BCUT2D eigenvalue weighted by Crippen LogP contribution is 2.27. The summed E-state index contributed by atoms with van der Waals surface area (Å²) >= 11 is 0. The number of nitrogens with one attached hydrogen (secondary N) is 1. The first-order valence-corrected chi connectivity index (χ1v) is 8.05. The molecule has 0 radical (unpaired) electrons. The molecule has 5 nitrogen and oxygen atoms in total. The lowest BCUT2D eigenvalue weighted by Crippen LogP contribution is -2.39. The summed E-state index contributed by atoms with van der Waals surface area (Å²) < 4.78 is 0. The summed E-state index contributed by atoms with van der Waals surface area (Å²) in [7, 11) is 2.19. The van der Waals surface area contributed by atoms with Crippen LogP contribution in [0.25, 0.3) is 0 Å². The van der Waals surface area contributed by atoms with E-state index in [1.165, 1.54) is 12.8 Å². The van der Waals surface area contributed by atoms with Crippen LogP contribution in [0, 0.1) is 0 Å². The minimum Gasteiger partial charge on any atom is -0.393 e. The summed E-state index contributed by atoms with van der Waals surface area (Å²) in [5, 5.41) is 13.3. The number of piperidine rings is 2. The molecular weight excluding hydrogens is 264 g/mol. The van der Waals surface area contributed by atoms with Gasteiger partial charge in [-0.15, -0.1) is 0 Å². The van der Waals surface area contributed by atoms with Crippen molar-refractivity contribution in [2.24, 2.45) is 0 Å². The van der Waals surface area contributed by atoms with Crippen molar-refractivity contribution in [1.82, 2.24) is 9.88 Å². The largest absolute Gasteiger partial charge is 0.393 e. The second-order valence-corrected chi connectivity index (χ2v) is 6.31. The molecule has 3 heterocycles. The van der Waals surface area contributed by atoms with Crippen molar-refractivity contribution in [3.8, 4) is 0 Å². The first-order valence-electron chi connectivity index (χ1n) is 8.05. The van der Waals surface area contributed by atoms with E-state index in [2.05, 4.69) is 33.2 Å². The van der Waals surface area contributed by atoms with Gasteiger partial charge in [0, 0.05) is 25.3 Å². The molecule has 2 fully saturated rings. The number of pyridine rings is 1. The molecule has 1 aromatic heterocycles. The molecule has 3 rings (SSSR count). The number of nitrogens with zero attached hydrogens (tertiary/aromatic N) is 3. The Morgan fingerprint density at radius 2 is 1.86 bits per heavy atom. The SMILES string of the molecule is CN1CCC(Nc2cccnc2N2CCC(O)CC2)CC1. The van der Waals surface area contributed by atoms with Crippen LogP contribution in [0.1, 0.15) is 25.7 Å². The van der Waals surface area contributed by atoms with Crippen molar-refractivity contribution < 1.29 is 5.11 Å². The van der Waals surface area contributed by atoms with Crippen molar-refractivity contribution >= 4 is 11.5 Å². The Bertz CT molecular complexity index is 451. The van der Waals surface area contributed by atoms with E-state index in [1.807, 2.05) is 12.3 Å². The van der Waals surface area contributed by atoms with Crippen LogP contribution in [0.2, 0.25) is 0 Å². The number of hydrogen-bond donors (Lipinski definition) is 2. The Balaban J connectivity index is 1.67. The summed E-state index contributed by atoms with van der Waals surface area (Å²) in [4.78, 5) is 9.26. The van der Waals surface area contributed by atoms with Gasteiger partial charge in [-0.05, 0) is 58.0 Å². The molecule has 0 saturated carbocycles. The number of anilines is 2. The van der Waals surface area contributed by atoms with Gasteiger partial charge in [0.2, 0.25) is 0 Å². The molecule has 1 aromatic rings. The third-order valence-electron chi connectivity index (χ3n) is 4.63. The number of aromatic nitrogens is 1. The van der Waals surface area contributed by atoms with E-state index < -0.39 is 0 Å². The van der Waals surface area contributed by atoms with E-state index in [9.17, 15) is 5.11 Å². The maximum Gasteiger partial charge on any atom is 0.151 e. The monoisotopic (exact) mass is 290 g/mol. The van der Waals surface area contributed by atoms with E-state index >= 15 is 0 Å². The number of rotatable bonds is 3. The van der Waals surface area contributed by atoms with Crippen LogP contribution >= 0.6 is 0 Å². The summed E-state index contributed by atoms with van der Waals surface area (Å²) in [5.74, 6) is 1.04. The minimum atomic E-state index is -0.143. The molecule has 0 amide bonds. The molecular formula is C16H26N4O. The number of aliphatic hydroxyl groups is 1. The second-order valence-electron chi connectivity index (χ2n) is 6.31. The van der Waals surface area contributed by atoms with Gasteiger partial charge in [-0.25, -0.2) is 4.98 Å². The minimum absolute atomic E-state index is 0.143. The normalized spacial score (nSPS) is 22.5. The zero-order chi connectivity index (χ0) is 14.7. The zero-order valence-electron chi connectivity index (χ0n) is 12.8. The van der Waals surface area contributed by atoms with Gasteiger partial charge in [-0.1, -0.05) is 0 Å². The first kappa shape index (κ1) is 14.6. The average molecular weight is 290 g/mol. The van der Waals surface area contributed by atoms with E-state index in [0.717, 1.165) is 50.5 Å². The van der Waals surface area contributed by atoms with Crippen LogP contribution in [-0.2, 0) is 0 Å². The smallest absolute Gasteiger partial charge is 0.151 e. The summed E-state index contributed by atoms with van der Waals surface area (Å²) in [6, 6.07) is 4.67. The lowest BCUT2D eigenvalue weighted by atomic mass is 10.0. The maximum atomic E-state index is 9.66. The zero-order valence-corrected chi connectivity index (χ0v) is 12.8. The number of hydrogen-bond acceptors (Lipinski definition) is 5. The summed E-state index contributed by atoms with van der Waals surface area (Å²) in [6.45, 7) is 4.09. The third-order valence-corrected chi connectivity index (χ3v) is 4.63. The maximum absolute atomic E-state index is 9.66. The van der Waals surface area contributed by atoms with Gasteiger partial charge in [0.25, 0.3) is 0 Å². The Morgan fingerprint density at radius 1 is 1.14 bits per heavy atom. The van der Waals surface area contributed by atoms with Gasteiger partial charge in [-0.3, -0.25) is 0 Å². The van der Waals surface area contributed by atoms with Crippen molar-refractivity contribution in [3.63, 3.8) is 0 Å². The fraction of sp³-hybridized carbons (Fsp3) is 0.688. The Labute approximate surface area is 127 Å². The predicted octanol–water partition coefficient (Wildman–Crippen LogP) is 1.55. The molecule has 0 aliphatic carbocycles. The lowest BCUT2D eigenvalue weighted by molar-refractivity contribution is 0.145. The number of aliphatic hydroxyl groups excluding tert-OH is 1. The molecule has 2 aliphatic rings. The van der Waals surface area contributed by atoms with Crippen molar-refractivity contribution in [2.75, 3.05) is 43.4 Å². The molecule has 116 valence electrons. The van der Waals surface area contributed by atoms with E-state index in [4.69, 9.17) is 0 Å². The van der Waals surface area contributed by atoms with Crippen molar-refractivity contribution in [3.05, 3.63) is 18.3 Å². The quantitative estimate of drug-likeness (QED) is 0.884. The molecule has 0 unspecified atom stereocenters. The van der Waals surface area contributed by atoms with E-state index in [1.54, 1.807) is 0 Å². The molecule has 5 heteroatoms. The molecule has 2 aliphatic heterocycles. The van der Waals surface area contributed by atoms with Crippen LogP contribution in [0.15, 0.2) is 18.3 Å². The summed E-state index contributed by atoms with van der Waals surface area (Å²) in [6.07, 6.45) is 5.76. The van der Waals surface area contributed by atoms with Crippen molar-refractivity contribution in [1.29, 1.82) is 0 Å². The standard InChI is InChI=1S/C16H26N4O/c1-19-9-4-13(5-10-19)18-15-3-2-8-17-16(15)20-11-6-14(21)7-12-20/h2-3,8,13-14,18,21H,4-7,9-12H2,1H3. The Morgan fingerprint density at radius 3 is 2.57 bits per heavy atom. The van der Waals surface area contributed by atoms with E-state index in [0.29, 0.717) is 6.04 Å². The average Bonchev–Trinajstić information content (AvgIpc) is 2.51. The fourth-order valence-electron chi connectivity index (χ4n) is 3.21. The third kappa shape index (κ3) is 3.66. The van der Waals surface area contributed by atoms with E-state index in [-0.39, 0.29) is 6.10 Å². The molecule has 0 atom stereocenters. The van der Waals surface area contributed by atoms with Crippen LogP contribution in [0.5, 0.6) is 0 Å². The van der Waals surface area contributed by atoms with Gasteiger partial charge in [0.05, 0.1) is 11.8 Å². The van der Waals surface area contributed by atoms with Crippen LogP contribution in [0.3, 0.4) is 0 Å². The first-order chi connectivity index (χ1) is 10.2. The number of likely N-dealkylation sites (tertiary alicyclic amines) is 1. The highest BCUT2D eigenvalue weighted by Gasteiger charge is 2.22. The Hall–Kier alpha value is -1.33. The topological polar surface area (TPSA) is 51.6 Å². The van der Waals surface area contributed by atoms with Gasteiger partial charge in [-0.2, -0.15) is 0 Å². The molecule has 2 saturated heterocycles. The van der Waals surface area contributed by atoms with Crippen molar-refractivity contribution in [2.45, 2.75) is 37.8 Å². The molecule has 21 heavy (non-hydrogen) atoms. The summed E-state index contributed by atoms with van der Waals surface area (Å²) in [5.41, 5.74) is 1.14. The highest BCUT2D eigenvalue weighted by molar-refractivity contribution is 5.66. The molecule has 0 spiro atoms. The Kier molecular flexibility index (Phi) is 4.60. The van der Waals surface area contributed by atoms with Gasteiger partial charge in [0.1, 0.15) is 0 Å². The predicted molar refractivity (Wildman–Crippen MR) is 85.8 cm³/mol. The second kappa shape index (κ2) is 6.62. The van der Waals surface area contributed by atoms with Crippen LogP contribution < -0.4 is 10.2 Å². The van der Waals surface area contributed by atoms with Crippen LogP contribution in [-0.4, -0.2) is 60.4 Å². The lowest BCUT2D eigenvalue weighted by Gasteiger charge is -2.34. The molecule has 0 aromatic carbocycles. The van der Waals surface area contributed by atoms with Gasteiger partial charge in [0.15, 0.2) is 5.82 Å². The van der Waals surface area contributed by atoms with Gasteiger partial charge < -0.3 is 20.2 Å². The molecule has 2 N–H and O–H groups in total. The van der Waals surface area contributed by atoms with Crippen LogP contribution in [0.4, 0.5) is 11.5 Å².